The van der Waals surface area contributed by atoms with Crippen LogP contribution in [0, 0.1) is 18.5 Å². The van der Waals surface area contributed by atoms with Crippen molar-refractivity contribution in [3.05, 3.63) is 170 Å². The van der Waals surface area contributed by atoms with Gasteiger partial charge in [0, 0.05) is 32.8 Å². The summed E-state index contributed by atoms with van der Waals surface area (Å²) < 4.78 is 14.8. The van der Waals surface area contributed by atoms with E-state index in [9.17, 15) is 0 Å². The second-order valence-electron chi connectivity index (χ2n) is 15.9. The molecule has 56 heavy (non-hydrogen) atoms. The van der Waals surface area contributed by atoms with Crippen LogP contribution in [-0.2, 0) is 26.5 Å². The summed E-state index contributed by atoms with van der Waals surface area (Å²) in [5.41, 5.74) is 10.3. The van der Waals surface area contributed by atoms with Gasteiger partial charge in [-0.2, -0.15) is 0 Å². The van der Waals surface area contributed by atoms with Crippen LogP contribution in [0.3, 0.4) is 0 Å². The Morgan fingerprint density at radius 1 is 0.714 bits per heavy atom. The minimum absolute atomic E-state index is 0. The number of para-hydroxylation sites is 3. The average molecular weight is 969 g/mol. The average Bonchev–Trinajstić information content (AvgIpc) is 3.76. The number of hydrogen-bond acceptors (Lipinski definition) is 2. The maximum Gasteiger partial charge on any atom is 0 e. The molecule has 0 aliphatic carbocycles. The summed E-state index contributed by atoms with van der Waals surface area (Å²) in [7, 11) is 0. The van der Waals surface area contributed by atoms with Gasteiger partial charge in [-0.25, -0.2) is 4.98 Å². The predicted octanol–water partition coefficient (Wildman–Crippen LogP) is 10.9. The molecule has 5 nitrogen and oxygen atoms in total. The van der Waals surface area contributed by atoms with Crippen molar-refractivity contribution in [1.82, 2.24) is 14.1 Å². The number of nitrogens with zero attached hydrogens (tertiary/aromatic N) is 4. The Hall–Kier alpha value is -5.23. The SMILES string of the molecule is CC1(C)C[CH2][Ge]([CH3])([CH3])[c]2c1ccc(-c1ccccc1)c2-[n+]1[c-]n(-c2[c-]c(Oc3[c-]c4c(cc3)c3ccccc3n4-c3ccccn3)ccc2)c2ccccc21.[Pt]. The van der Waals surface area contributed by atoms with E-state index in [4.69, 9.17) is 4.74 Å². The molecule has 0 fully saturated rings. The van der Waals surface area contributed by atoms with E-state index < -0.39 is 13.3 Å². The van der Waals surface area contributed by atoms with E-state index in [1.165, 1.54) is 34.1 Å². The van der Waals surface area contributed by atoms with Gasteiger partial charge in [0.25, 0.3) is 0 Å². The van der Waals surface area contributed by atoms with Gasteiger partial charge in [-0.1, -0.05) is 24.3 Å². The first-order valence-corrected chi connectivity index (χ1v) is 25.8. The molecule has 278 valence electrons. The summed E-state index contributed by atoms with van der Waals surface area (Å²) in [6, 6.07) is 55.9. The number of fused-ring (bicyclic) bond motifs is 5. The van der Waals surface area contributed by atoms with Crippen molar-refractivity contribution in [2.45, 2.75) is 42.4 Å². The van der Waals surface area contributed by atoms with Crippen molar-refractivity contribution in [3.8, 4) is 39.8 Å². The van der Waals surface area contributed by atoms with Gasteiger partial charge < -0.3 is 4.57 Å². The van der Waals surface area contributed by atoms with Crippen LogP contribution >= 0.6 is 0 Å². The molecule has 6 aromatic carbocycles. The van der Waals surface area contributed by atoms with Crippen LogP contribution in [0.4, 0.5) is 0 Å². The zero-order valence-corrected chi connectivity index (χ0v) is 36.2. The van der Waals surface area contributed by atoms with Gasteiger partial charge in [0.2, 0.25) is 0 Å². The van der Waals surface area contributed by atoms with Crippen LogP contribution in [0.25, 0.3) is 61.2 Å². The quantitative estimate of drug-likeness (QED) is 0.0946. The summed E-state index contributed by atoms with van der Waals surface area (Å²) >= 11 is -2.48. The molecule has 1 aliphatic rings. The fraction of sp³-hybridized carbons (Fsp3) is 0.143. The third-order valence-corrected chi connectivity index (χ3v) is 18.5. The summed E-state index contributed by atoms with van der Waals surface area (Å²) in [5, 5.41) is 3.54. The first kappa shape index (κ1) is 36.4. The summed E-state index contributed by atoms with van der Waals surface area (Å²) in [6.45, 7) is 4.83. The number of aromatic nitrogens is 4. The fourth-order valence-electron chi connectivity index (χ4n) is 8.61. The zero-order chi connectivity index (χ0) is 37.3. The second kappa shape index (κ2) is 14.1. The van der Waals surface area contributed by atoms with E-state index in [0.29, 0.717) is 11.5 Å². The number of rotatable bonds is 6. The number of imidazole rings is 1. The van der Waals surface area contributed by atoms with Crippen LogP contribution in [0.15, 0.2) is 146 Å². The van der Waals surface area contributed by atoms with Gasteiger partial charge in [0.15, 0.2) is 0 Å². The summed E-state index contributed by atoms with van der Waals surface area (Å²) in [4.78, 5) is 4.68. The standard InChI is InChI=1S/C49H40GeN4O.Pt/c1-49(2)28-29-50(3,4)47-41(49)27-26-38(34-15-6-5-7-16-34)48(47)53-33-52(43-21-10-11-22-44(43)53)35-17-14-18-36(31-35)55-37-24-25-40-39-19-8-9-20-42(39)54(45(40)32-37)46-23-12-13-30-51-46;/h5-27,30H,28-29H2,1-4H3;/q-2;. The van der Waals surface area contributed by atoms with Gasteiger partial charge in [-0.15, -0.1) is 5.39 Å². The molecule has 0 saturated carbocycles. The van der Waals surface area contributed by atoms with Gasteiger partial charge in [0.1, 0.15) is 5.82 Å². The molecule has 0 amide bonds. The van der Waals surface area contributed by atoms with Crippen LogP contribution in [0.2, 0.25) is 16.8 Å². The Morgan fingerprint density at radius 3 is 2.29 bits per heavy atom. The van der Waals surface area contributed by atoms with Gasteiger partial charge in [-0.05, 0) is 23.6 Å². The molecular weight excluding hydrogens is 928 g/mol. The molecular formula is C49H40GeN4OPt-2. The molecule has 4 heterocycles. The Kier molecular flexibility index (Phi) is 9.14. The molecule has 0 spiro atoms. The van der Waals surface area contributed by atoms with Crippen LogP contribution in [0.1, 0.15) is 25.8 Å². The van der Waals surface area contributed by atoms with Crippen LogP contribution in [0.5, 0.6) is 11.5 Å². The number of benzene rings is 6. The predicted molar refractivity (Wildman–Crippen MR) is 225 cm³/mol. The molecule has 1 aliphatic heterocycles. The van der Waals surface area contributed by atoms with E-state index in [0.717, 1.165) is 44.3 Å². The minimum atomic E-state index is -2.48. The second-order valence-corrected chi connectivity index (χ2v) is 25.9. The number of pyridine rings is 1. The molecule has 10 rings (SSSR count). The normalized spacial score (nSPS) is 14.4. The molecule has 3 aromatic heterocycles. The number of ether oxygens (including phenoxy) is 1. The topological polar surface area (TPSA) is 35.9 Å². The van der Waals surface area contributed by atoms with Gasteiger partial charge in [0.05, 0.1) is 0 Å². The van der Waals surface area contributed by atoms with Gasteiger partial charge >= 0.3 is 246 Å². The monoisotopic (exact) mass is 969 g/mol. The van der Waals surface area contributed by atoms with Crippen molar-refractivity contribution in [2.75, 3.05) is 0 Å². The third kappa shape index (κ3) is 6.04. The molecule has 0 radical (unpaired) electrons. The Balaban J connectivity index is 0.00000410. The molecule has 0 bridgehead atoms. The Morgan fingerprint density at radius 2 is 1.46 bits per heavy atom. The van der Waals surface area contributed by atoms with Crippen LogP contribution < -0.4 is 13.7 Å². The van der Waals surface area contributed by atoms with E-state index in [2.05, 4.69) is 166 Å². The first-order chi connectivity index (χ1) is 26.8. The summed E-state index contributed by atoms with van der Waals surface area (Å²) in [6.07, 6.45) is 6.91. The molecule has 9 aromatic rings. The number of hydrogen-bond donors (Lipinski definition) is 0. The van der Waals surface area contributed by atoms with Crippen molar-refractivity contribution < 1.29 is 30.4 Å². The zero-order valence-electron chi connectivity index (χ0n) is 31.8. The summed E-state index contributed by atoms with van der Waals surface area (Å²) in [5.74, 6) is 7.23. The fourth-order valence-corrected chi connectivity index (χ4v) is 16.0. The van der Waals surface area contributed by atoms with Crippen molar-refractivity contribution in [1.29, 1.82) is 0 Å². The molecule has 0 unspecified atom stereocenters. The molecule has 0 atom stereocenters. The van der Waals surface area contributed by atoms with E-state index in [1.807, 2.05) is 42.6 Å². The largest absolute Gasteiger partial charge is 0 e. The maximum atomic E-state index is 6.57. The van der Waals surface area contributed by atoms with Crippen molar-refractivity contribution in [3.63, 3.8) is 0 Å². The minimum Gasteiger partial charge on any atom is 0 e. The van der Waals surface area contributed by atoms with Crippen LogP contribution in [-0.4, -0.2) is 27.4 Å². The third-order valence-electron chi connectivity index (χ3n) is 11.5. The van der Waals surface area contributed by atoms with E-state index >= 15 is 0 Å². The Bertz CT molecular complexity index is 2910. The smallest absolute Gasteiger partial charge is 0 e. The van der Waals surface area contributed by atoms with Gasteiger partial charge in [-0.3, -0.25) is 0 Å². The molecule has 0 N–H and O–H groups in total. The molecule has 0 saturated heterocycles. The first-order valence-electron chi connectivity index (χ1n) is 19.0. The Labute approximate surface area is 344 Å². The molecule has 7 heteroatoms. The van der Waals surface area contributed by atoms with E-state index in [1.54, 1.807) is 4.40 Å². The van der Waals surface area contributed by atoms with Crippen molar-refractivity contribution in [2.24, 2.45) is 0 Å². The maximum absolute atomic E-state index is 6.57. The van der Waals surface area contributed by atoms with E-state index in [-0.39, 0.29) is 26.5 Å². The van der Waals surface area contributed by atoms with Crippen molar-refractivity contribution >= 4 is 50.5 Å².